The van der Waals surface area contributed by atoms with Crippen molar-refractivity contribution in [2.45, 2.75) is 44.9 Å². The van der Waals surface area contributed by atoms with Crippen molar-refractivity contribution in [2.24, 2.45) is 5.10 Å². The van der Waals surface area contributed by atoms with Crippen molar-refractivity contribution >= 4 is 32.9 Å². The maximum atomic E-state index is 12.5. The molecule has 0 heterocycles. The van der Waals surface area contributed by atoms with Crippen molar-refractivity contribution in [2.75, 3.05) is 0 Å². The third-order valence-electron chi connectivity index (χ3n) is 3.09. The fourth-order valence-corrected chi connectivity index (χ4v) is 2.75. The third-order valence-corrected chi connectivity index (χ3v) is 4.51. The number of Topliss-reactive ketones (excluding diaryl/α,β-unsaturated/α-hetero) is 2. The summed E-state index contributed by atoms with van der Waals surface area (Å²) in [5.41, 5.74) is 1.32. The zero-order valence-electron chi connectivity index (χ0n) is 13.2. The first kappa shape index (κ1) is 18.1. The van der Waals surface area contributed by atoms with E-state index in [-0.39, 0.29) is 11.6 Å². The summed E-state index contributed by atoms with van der Waals surface area (Å²) >= 11 is 0. The average molecular weight is 322 g/mol. The van der Waals surface area contributed by atoms with Crippen molar-refractivity contribution in [1.29, 1.82) is 0 Å². The predicted molar refractivity (Wildman–Crippen MR) is 90.8 cm³/mol. The Labute approximate surface area is 132 Å². The van der Waals surface area contributed by atoms with E-state index < -0.39 is 9.71 Å². The average Bonchev–Trinajstić information content (AvgIpc) is 2.45. The van der Waals surface area contributed by atoms with Gasteiger partial charge in [-0.25, -0.2) is 9.04 Å². The molecule has 0 bridgehead atoms. The molecule has 1 aromatic rings. The molecular formula is C16H22N2O3S. The molecule has 1 rings (SSSR count). The van der Waals surface area contributed by atoms with Crippen LogP contribution in [-0.4, -0.2) is 27.4 Å². The minimum absolute atomic E-state index is 0.0468. The standard InChI is InChI=1S/C16H22N2O3S/c1-12(6-5-7-13(2)19)17-18-22(4,21)16-10-8-15(9-11-16)14(3)20/h8-11H,4-7H2,1-3H3,(H,18,21)/b17-12+. The van der Waals surface area contributed by atoms with E-state index >= 15 is 0 Å². The quantitative estimate of drug-likeness (QED) is 0.346. The Hall–Kier alpha value is -1.95. The first-order valence-corrected chi connectivity index (χ1v) is 8.72. The van der Waals surface area contributed by atoms with Crippen molar-refractivity contribution < 1.29 is 13.8 Å². The molecule has 0 spiro atoms. The highest BCUT2D eigenvalue weighted by Gasteiger charge is 2.07. The van der Waals surface area contributed by atoms with Gasteiger partial charge in [-0.2, -0.15) is 5.10 Å². The Balaban J connectivity index is 2.70. The molecule has 0 aliphatic heterocycles. The van der Waals surface area contributed by atoms with Crippen LogP contribution in [0.5, 0.6) is 0 Å². The van der Waals surface area contributed by atoms with Crippen LogP contribution in [0.4, 0.5) is 0 Å². The third kappa shape index (κ3) is 5.81. The maximum absolute atomic E-state index is 12.5. The molecule has 1 atom stereocenters. The molecule has 0 saturated heterocycles. The number of ketones is 2. The second kappa shape index (κ2) is 7.89. The Morgan fingerprint density at radius 2 is 1.73 bits per heavy atom. The first-order chi connectivity index (χ1) is 10.2. The van der Waals surface area contributed by atoms with E-state index in [9.17, 15) is 13.8 Å². The predicted octanol–water partition coefficient (Wildman–Crippen LogP) is 2.60. The molecule has 0 saturated carbocycles. The lowest BCUT2D eigenvalue weighted by atomic mass is 10.1. The van der Waals surface area contributed by atoms with E-state index in [0.29, 0.717) is 23.3 Å². The molecule has 1 unspecified atom stereocenters. The van der Waals surface area contributed by atoms with Crippen molar-refractivity contribution in [1.82, 2.24) is 4.83 Å². The largest absolute Gasteiger partial charge is 0.300 e. The summed E-state index contributed by atoms with van der Waals surface area (Å²) in [5.74, 6) is 3.76. The molecule has 0 aromatic heterocycles. The molecule has 0 amide bonds. The zero-order chi connectivity index (χ0) is 16.8. The summed E-state index contributed by atoms with van der Waals surface area (Å²) in [7, 11) is -2.75. The van der Waals surface area contributed by atoms with E-state index in [1.807, 2.05) is 6.92 Å². The van der Waals surface area contributed by atoms with Crippen LogP contribution in [0.25, 0.3) is 0 Å². The number of carbonyl (C=O) groups is 2. The summed E-state index contributed by atoms with van der Waals surface area (Å²) in [6.07, 6.45) is 1.89. The van der Waals surface area contributed by atoms with Gasteiger partial charge in [0, 0.05) is 17.7 Å². The number of nitrogens with zero attached hydrogens (tertiary/aromatic N) is 1. The number of carbonyl (C=O) groups excluding carboxylic acids is 2. The van der Waals surface area contributed by atoms with Gasteiger partial charge in [-0.05, 0) is 51.6 Å². The molecular weight excluding hydrogens is 300 g/mol. The van der Waals surface area contributed by atoms with Crippen LogP contribution in [-0.2, 0) is 14.5 Å². The van der Waals surface area contributed by atoms with E-state index in [4.69, 9.17) is 0 Å². The van der Waals surface area contributed by atoms with Gasteiger partial charge in [0.25, 0.3) is 0 Å². The van der Waals surface area contributed by atoms with Crippen LogP contribution in [0.2, 0.25) is 0 Å². The smallest absolute Gasteiger partial charge is 0.159 e. The van der Waals surface area contributed by atoms with Gasteiger partial charge in [-0.1, -0.05) is 12.1 Å². The summed E-state index contributed by atoms with van der Waals surface area (Å²) < 4.78 is 12.5. The molecule has 1 aromatic carbocycles. The van der Waals surface area contributed by atoms with Crippen LogP contribution in [0.3, 0.4) is 0 Å². The summed E-state index contributed by atoms with van der Waals surface area (Å²) in [4.78, 5) is 25.2. The summed E-state index contributed by atoms with van der Waals surface area (Å²) in [5, 5.41) is 4.08. The van der Waals surface area contributed by atoms with Gasteiger partial charge >= 0.3 is 0 Å². The zero-order valence-corrected chi connectivity index (χ0v) is 14.0. The van der Waals surface area contributed by atoms with Gasteiger partial charge in [0.15, 0.2) is 5.78 Å². The number of rotatable bonds is 8. The monoisotopic (exact) mass is 322 g/mol. The van der Waals surface area contributed by atoms with Crippen LogP contribution in [0.15, 0.2) is 34.3 Å². The van der Waals surface area contributed by atoms with E-state index in [1.165, 1.54) is 6.92 Å². The van der Waals surface area contributed by atoms with Crippen LogP contribution in [0.1, 0.15) is 50.4 Å². The molecule has 1 N–H and O–H groups in total. The molecule has 0 fully saturated rings. The molecule has 5 nitrogen and oxygen atoms in total. The molecule has 22 heavy (non-hydrogen) atoms. The Morgan fingerprint density at radius 3 is 2.23 bits per heavy atom. The molecule has 0 aliphatic rings. The highest BCUT2D eigenvalue weighted by atomic mass is 32.2. The fourth-order valence-electron chi connectivity index (χ4n) is 1.76. The Morgan fingerprint density at radius 1 is 1.14 bits per heavy atom. The van der Waals surface area contributed by atoms with Crippen LogP contribution in [0, 0.1) is 0 Å². The van der Waals surface area contributed by atoms with Gasteiger partial charge in [0.05, 0.1) is 14.6 Å². The SMILES string of the molecule is C=S(=O)(N/N=C(\C)CCCC(C)=O)c1ccc(C(C)=O)cc1. The summed E-state index contributed by atoms with van der Waals surface area (Å²) in [6, 6.07) is 6.46. The normalized spacial score (nSPS) is 14.2. The number of hydrazone groups is 1. The lowest BCUT2D eigenvalue weighted by Crippen LogP contribution is -2.19. The minimum Gasteiger partial charge on any atom is -0.300 e. The lowest BCUT2D eigenvalue weighted by Gasteiger charge is -2.10. The maximum Gasteiger partial charge on any atom is 0.159 e. The van der Waals surface area contributed by atoms with Gasteiger partial charge in [-0.3, -0.25) is 4.79 Å². The Kier molecular flexibility index (Phi) is 6.49. The number of hydrogen-bond acceptors (Lipinski definition) is 4. The first-order valence-electron chi connectivity index (χ1n) is 7.00. The lowest BCUT2D eigenvalue weighted by molar-refractivity contribution is -0.117. The number of nitrogens with one attached hydrogen (secondary N) is 1. The number of benzene rings is 1. The molecule has 6 heteroatoms. The molecule has 0 aliphatic carbocycles. The highest BCUT2D eigenvalue weighted by molar-refractivity contribution is 7.98. The van der Waals surface area contributed by atoms with E-state index in [0.717, 1.165) is 12.1 Å². The van der Waals surface area contributed by atoms with E-state index in [2.05, 4.69) is 15.8 Å². The van der Waals surface area contributed by atoms with Crippen molar-refractivity contribution in [3.8, 4) is 0 Å². The van der Waals surface area contributed by atoms with Crippen LogP contribution < -0.4 is 4.83 Å². The number of hydrogen-bond donors (Lipinski definition) is 1. The topological polar surface area (TPSA) is 75.6 Å². The van der Waals surface area contributed by atoms with Gasteiger partial charge < -0.3 is 4.79 Å². The highest BCUT2D eigenvalue weighted by Crippen LogP contribution is 2.11. The molecule has 120 valence electrons. The second-order valence-electron chi connectivity index (χ2n) is 5.25. The fraction of sp³-hybridized carbons (Fsp3) is 0.375. The minimum atomic E-state index is -2.75. The van der Waals surface area contributed by atoms with Crippen molar-refractivity contribution in [3.05, 3.63) is 29.8 Å². The van der Waals surface area contributed by atoms with Crippen LogP contribution >= 0.6 is 0 Å². The summed E-state index contributed by atoms with van der Waals surface area (Å²) in [6.45, 7) is 4.84. The molecule has 0 radical (unpaired) electrons. The van der Waals surface area contributed by atoms with Gasteiger partial charge in [0.2, 0.25) is 0 Å². The second-order valence-corrected chi connectivity index (χ2v) is 7.25. The van der Waals surface area contributed by atoms with E-state index in [1.54, 1.807) is 31.2 Å². The van der Waals surface area contributed by atoms with Crippen molar-refractivity contribution in [3.63, 3.8) is 0 Å². The van der Waals surface area contributed by atoms with Gasteiger partial charge in [-0.15, -0.1) is 0 Å². The van der Waals surface area contributed by atoms with Gasteiger partial charge in [0.1, 0.15) is 5.78 Å². The Bertz CT molecular complexity index is 674.